The quantitative estimate of drug-likeness (QED) is 0.848. The number of aliphatic hydroxyl groups is 1. The number of ether oxygens (including phenoxy) is 1. The fourth-order valence-electron chi connectivity index (χ4n) is 3.07. The Morgan fingerprint density at radius 1 is 1.27 bits per heavy atom. The lowest BCUT2D eigenvalue weighted by Gasteiger charge is -2.35. The molecular formula is C16H24Cl3NO2. The minimum Gasteiger partial charge on any atom is -0.489 e. The number of benzene rings is 1. The first-order chi connectivity index (χ1) is 9.94. The van der Waals surface area contributed by atoms with Gasteiger partial charge in [-0.15, -0.1) is 12.4 Å². The van der Waals surface area contributed by atoms with Crippen molar-refractivity contribution in [3.63, 3.8) is 0 Å². The van der Waals surface area contributed by atoms with E-state index in [9.17, 15) is 5.11 Å². The zero-order valence-corrected chi connectivity index (χ0v) is 15.3. The van der Waals surface area contributed by atoms with Gasteiger partial charge in [0.15, 0.2) is 0 Å². The second-order valence-electron chi connectivity index (χ2n) is 6.20. The highest BCUT2D eigenvalue weighted by Gasteiger charge is 2.23. The van der Waals surface area contributed by atoms with Gasteiger partial charge in [0.2, 0.25) is 0 Å². The summed E-state index contributed by atoms with van der Waals surface area (Å²) < 4.78 is 5.58. The number of hydrogen-bond acceptors (Lipinski definition) is 3. The number of likely N-dealkylation sites (tertiary alicyclic amines) is 1. The van der Waals surface area contributed by atoms with Crippen molar-refractivity contribution < 1.29 is 9.84 Å². The highest BCUT2D eigenvalue weighted by molar-refractivity contribution is 6.35. The molecule has 0 amide bonds. The molecule has 22 heavy (non-hydrogen) atoms. The monoisotopic (exact) mass is 367 g/mol. The molecule has 1 aliphatic rings. The summed E-state index contributed by atoms with van der Waals surface area (Å²) in [5, 5.41) is 11.2. The Kier molecular flexibility index (Phi) is 8.29. The molecule has 3 nitrogen and oxygen atoms in total. The molecule has 0 aliphatic carbocycles. The number of nitrogens with zero attached hydrogens (tertiary/aromatic N) is 1. The summed E-state index contributed by atoms with van der Waals surface area (Å²) in [5.41, 5.74) is 0. The lowest BCUT2D eigenvalue weighted by molar-refractivity contribution is 0.0429. The van der Waals surface area contributed by atoms with E-state index in [1.54, 1.807) is 18.2 Å². The average Bonchev–Trinajstić information content (AvgIpc) is 2.36. The maximum atomic E-state index is 10.1. The second-order valence-corrected chi connectivity index (χ2v) is 7.05. The molecule has 1 saturated heterocycles. The molecule has 1 heterocycles. The zero-order chi connectivity index (χ0) is 15.4. The Morgan fingerprint density at radius 2 is 1.91 bits per heavy atom. The lowest BCUT2D eigenvalue weighted by atomic mass is 9.92. The Morgan fingerprint density at radius 3 is 2.50 bits per heavy atom. The summed E-state index contributed by atoms with van der Waals surface area (Å²) in [6.45, 7) is 7.49. The van der Waals surface area contributed by atoms with E-state index in [0.717, 1.165) is 13.1 Å². The fraction of sp³-hybridized carbons (Fsp3) is 0.625. The van der Waals surface area contributed by atoms with Crippen molar-refractivity contribution in [3.05, 3.63) is 28.2 Å². The van der Waals surface area contributed by atoms with E-state index in [0.29, 0.717) is 34.2 Å². The van der Waals surface area contributed by atoms with Gasteiger partial charge in [-0.25, -0.2) is 0 Å². The molecule has 0 saturated carbocycles. The number of β-amino-alcohol motifs (C(OH)–C–C–N with tert-alkyl or cyclic N) is 1. The van der Waals surface area contributed by atoms with E-state index < -0.39 is 6.10 Å². The molecular weight excluding hydrogens is 345 g/mol. The van der Waals surface area contributed by atoms with Crippen LogP contribution in [0.4, 0.5) is 0 Å². The molecule has 6 heteroatoms. The van der Waals surface area contributed by atoms with E-state index in [2.05, 4.69) is 18.7 Å². The minimum absolute atomic E-state index is 0. The molecule has 1 aromatic rings. The third kappa shape index (κ3) is 6.13. The number of rotatable bonds is 5. The Labute approximate surface area is 149 Å². The average molecular weight is 369 g/mol. The van der Waals surface area contributed by atoms with E-state index in [-0.39, 0.29) is 19.0 Å². The van der Waals surface area contributed by atoms with Gasteiger partial charge < -0.3 is 14.7 Å². The topological polar surface area (TPSA) is 32.7 Å². The van der Waals surface area contributed by atoms with Gasteiger partial charge in [-0.2, -0.15) is 0 Å². The second kappa shape index (κ2) is 9.19. The van der Waals surface area contributed by atoms with Crippen molar-refractivity contribution in [2.75, 3.05) is 26.2 Å². The van der Waals surface area contributed by atoms with Crippen LogP contribution in [0.1, 0.15) is 20.3 Å². The molecule has 0 spiro atoms. The lowest BCUT2D eigenvalue weighted by Crippen LogP contribution is -2.44. The number of halogens is 3. The van der Waals surface area contributed by atoms with Crippen LogP contribution in [0.3, 0.4) is 0 Å². The molecule has 126 valence electrons. The summed E-state index contributed by atoms with van der Waals surface area (Å²) in [7, 11) is 0. The fourth-order valence-corrected chi connectivity index (χ4v) is 3.53. The minimum atomic E-state index is -0.519. The molecule has 0 bridgehead atoms. The molecule has 0 radical (unpaired) electrons. The van der Waals surface area contributed by atoms with Crippen LogP contribution in [0.15, 0.2) is 18.2 Å². The van der Waals surface area contributed by atoms with Crippen molar-refractivity contribution in [1.29, 1.82) is 0 Å². The van der Waals surface area contributed by atoms with Gasteiger partial charge in [0.1, 0.15) is 18.5 Å². The zero-order valence-electron chi connectivity index (χ0n) is 13.0. The largest absolute Gasteiger partial charge is 0.489 e. The number of aliphatic hydroxyl groups excluding tert-OH is 1. The SMILES string of the molecule is CC1CC(C)CN(CC(O)COc2ccc(Cl)cc2Cl)C1.Cl. The van der Waals surface area contributed by atoms with Gasteiger partial charge in [-0.1, -0.05) is 37.0 Å². The standard InChI is InChI=1S/C16H23Cl2NO2.ClH/c1-11-5-12(2)8-19(7-11)9-14(20)10-21-16-4-3-13(17)6-15(16)18;/h3-4,6,11-12,14,20H,5,7-10H2,1-2H3;1H. The number of piperidine rings is 1. The summed E-state index contributed by atoms with van der Waals surface area (Å²) in [6.07, 6.45) is 0.748. The van der Waals surface area contributed by atoms with Crippen LogP contribution in [0, 0.1) is 11.8 Å². The molecule has 1 aromatic carbocycles. The first-order valence-corrected chi connectivity index (χ1v) is 8.18. The Balaban J connectivity index is 0.00000242. The van der Waals surface area contributed by atoms with Crippen LogP contribution < -0.4 is 4.74 Å². The maximum Gasteiger partial charge on any atom is 0.138 e. The molecule has 0 aromatic heterocycles. The summed E-state index contributed by atoms with van der Waals surface area (Å²) >= 11 is 11.9. The van der Waals surface area contributed by atoms with Gasteiger partial charge >= 0.3 is 0 Å². The first-order valence-electron chi connectivity index (χ1n) is 7.42. The van der Waals surface area contributed by atoms with Gasteiger partial charge in [0, 0.05) is 24.7 Å². The van der Waals surface area contributed by atoms with E-state index in [1.807, 2.05) is 0 Å². The van der Waals surface area contributed by atoms with E-state index in [4.69, 9.17) is 27.9 Å². The van der Waals surface area contributed by atoms with Crippen molar-refractivity contribution in [2.45, 2.75) is 26.4 Å². The molecule has 1 N–H and O–H groups in total. The van der Waals surface area contributed by atoms with Crippen molar-refractivity contribution in [3.8, 4) is 5.75 Å². The van der Waals surface area contributed by atoms with Crippen molar-refractivity contribution in [1.82, 2.24) is 4.90 Å². The highest BCUT2D eigenvalue weighted by atomic mass is 35.5. The molecule has 2 rings (SSSR count). The van der Waals surface area contributed by atoms with Crippen LogP contribution >= 0.6 is 35.6 Å². The van der Waals surface area contributed by atoms with Crippen LogP contribution in [-0.4, -0.2) is 42.4 Å². The van der Waals surface area contributed by atoms with Gasteiger partial charge in [-0.05, 0) is 36.5 Å². The van der Waals surface area contributed by atoms with Gasteiger partial charge in [0.25, 0.3) is 0 Å². The molecule has 1 fully saturated rings. The normalized spacial score (nSPS) is 23.7. The Bertz CT molecular complexity index is 463. The van der Waals surface area contributed by atoms with E-state index >= 15 is 0 Å². The molecule has 3 unspecified atom stereocenters. The maximum absolute atomic E-state index is 10.1. The number of hydrogen-bond donors (Lipinski definition) is 1. The smallest absolute Gasteiger partial charge is 0.138 e. The molecule has 1 aliphatic heterocycles. The third-order valence-electron chi connectivity index (χ3n) is 3.74. The predicted octanol–water partition coefficient (Wildman–Crippen LogP) is 4.13. The summed E-state index contributed by atoms with van der Waals surface area (Å²) in [6, 6.07) is 5.09. The van der Waals surface area contributed by atoms with Crippen molar-refractivity contribution >= 4 is 35.6 Å². The van der Waals surface area contributed by atoms with Crippen LogP contribution in [0.5, 0.6) is 5.75 Å². The van der Waals surface area contributed by atoms with Crippen molar-refractivity contribution in [2.24, 2.45) is 11.8 Å². The first kappa shape index (κ1) is 19.9. The van der Waals surface area contributed by atoms with Gasteiger partial charge in [0.05, 0.1) is 5.02 Å². The molecule has 3 atom stereocenters. The van der Waals surface area contributed by atoms with Crippen LogP contribution in [-0.2, 0) is 0 Å². The highest BCUT2D eigenvalue weighted by Crippen LogP contribution is 2.27. The predicted molar refractivity (Wildman–Crippen MR) is 94.6 cm³/mol. The van der Waals surface area contributed by atoms with Gasteiger partial charge in [-0.3, -0.25) is 0 Å². The van der Waals surface area contributed by atoms with E-state index in [1.165, 1.54) is 6.42 Å². The van der Waals surface area contributed by atoms with Crippen LogP contribution in [0.25, 0.3) is 0 Å². The Hall–Kier alpha value is -0.190. The summed E-state index contributed by atoms with van der Waals surface area (Å²) in [4.78, 5) is 2.32. The van der Waals surface area contributed by atoms with Crippen LogP contribution in [0.2, 0.25) is 10.0 Å². The summed E-state index contributed by atoms with van der Waals surface area (Å²) in [5.74, 6) is 1.93. The third-order valence-corrected chi connectivity index (χ3v) is 4.27.